The standard InChI is InChI=1S/C15H19BrN4/c1-3-9-17-15-18-10-8-14(19-15)20(2)11-12-4-6-13(16)7-5-12/h4-8,10H,3,9,11H2,1-2H3,(H,17,18,19). The number of hydrogen-bond donors (Lipinski definition) is 1. The Morgan fingerprint density at radius 3 is 2.65 bits per heavy atom. The van der Waals surface area contributed by atoms with Crippen molar-refractivity contribution in [3.05, 3.63) is 46.6 Å². The van der Waals surface area contributed by atoms with E-state index in [1.807, 2.05) is 13.1 Å². The highest BCUT2D eigenvalue weighted by Crippen LogP contribution is 2.16. The summed E-state index contributed by atoms with van der Waals surface area (Å²) in [5.41, 5.74) is 1.25. The largest absolute Gasteiger partial charge is 0.355 e. The van der Waals surface area contributed by atoms with E-state index in [9.17, 15) is 0 Å². The second-order valence-corrected chi connectivity index (χ2v) is 5.56. The lowest BCUT2D eigenvalue weighted by Gasteiger charge is -2.18. The van der Waals surface area contributed by atoms with Crippen LogP contribution in [-0.4, -0.2) is 23.6 Å². The molecule has 1 N–H and O–H groups in total. The summed E-state index contributed by atoms with van der Waals surface area (Å²) in [6, 6.07) is 10.3. The van der Waals surface area contributed by atoms with Gasteiger partial charge in [-0.3, -0.25) is 0 Å². The molecule has 20 heavy (non-hydrogen) atoms. The third kappa shape index (κ3) is 4.20. The van der Waals surface area contributed by atoms with Gasteiger partial charge in [0.15, 0.2) is 0 Å². The summed E-state index contributed by atoms with van der Waals surface area (Å²) in [6.45, 7) is 3.83. The van der Waals surface area contributed by atoms with E-state index in [0.717, 1.165) is 29.8 Å². The topological polar surface area (TPSA) is 41.1 Å². The first-order valence-electron chi connectivity index (χ1n) is 6.71. The van der Waals surface area contributed by atoms with Gasteiger partial charge in [0.05, 0.1) is 0 Å². The van der Waals surface area contributed by atoms with Gasteiger partial charge in [0, 0.05) is 30.8 Å². The van der Waals surface area contributed by atoms with E-state index in [4.69, 9.17) is 0 Å². The zero-order chi connectivity index (χ0) is 14.4. The maximum Gasteiger partial charge on any atom is 0.224 e. The van der Waals surface area contributed by atoms with E-state index < -0.39 is 0 Å². The number of halogens is 1. The number of benzene rings is 1. The van der Waals surface area contributed by atoms with Crippen LogP contribution < -0.4 is 10.2 Å². The van der Waals surface area contributed by atoms with Gasteiger partial charge in [0.25, 0.3) is 0 Å². The fraction of sp³-hybridized carbons (Fsp3) is 0.333. The molecular weight excluding hydrogens is 316 g/mol. The summed E-state index contributed by atoms with van der Waals surface area (Å²) >= 11 is 3.45. The van der Waals surface area contributed by atoms with Crippen LogP contribution in [0.5, 0.6) is 0 Å². The Morgan fingerprint density at radius 1 is 1.20 bits per heavy atom. The fourth-order valence-corrected chi connectivity index (χ4v) is 2.09. The van der Waals surface area contributed by atoms with Crippen molar-refractivity contribution >= 4 is 27.7 Å². The molecule has 0 radical (unpaired) electrons. The van der Waals surface area contributed by atoms with Crippen LogP contribution in [0.3, 0.4) is 0 Å². The molecule has 0 atom stereocenters. The summed E-state index contributed by atoms with van der Waals surface area (Å²) < 4.78 is 1.09. The van der Waals surface area contributed by atoms with Gasteiger partial charge in [-0.1, -0.05) is 35.0 Å². The van der Waals surface area contributed by atoms with E-state index in [1.165, 1.54) is 5.56 Å². The van der Waals surface area contributed by atoms with Crippen LogP contribution in [0.15, 0.2) is 41.0 Å². The number of nitrogens with zero attached hydrogens (tertiary/aromatic N) is 3. The smallest absolute Gasteiger partial charge is 0.224 e. The van der Waals surface area contributed by atoms with Gasteiger partial charge in [-0.2, -0.15) is 4.98 Å². The molecule has 0 aliphatic carbocycles. The second-order valence-electron chi connectivity index (χ2n) is 4.65. The monoisotopic (exact) mass is 334 g/mol. The quantitative estimate of drug-likeness (QED) is 0.874. The fourth-order valence-electron chi connectivity index (χ4n) is 1.83. The van der Waals surface area contributed by atoms with Gasteiger partial charge in [-0.25, -0.2) is 4.98 Å². The molecule has 5 heteroatoms. The molecule has 0 saturated carbocycles. The third-order valence-corrected chi connectivity index (χ3v) is 3.43. The van der Waals surface area contributed by atoms with E-state index in [0.29, 0.717) is 5.95 Å². The lowest BCUT2D eigenvalue weighted by atomic mass is 10.2. The lowest BCUT2D eigenvalue weighted by Crippen LogP contribution is -2.18. The maximum atomic E-state index is 4.52. The van der Waals surface area contributed by atoms with Crippen LogP contribution >= 0.6 is 15.9 Å². The molecule has 0 aliphatic rings. The van der Waals surface area contributed by atoms with Crippen molar-refractivity contribution in [2.45, 2.75) is 19.9 Å². The highest BCUT2D eigenvalue weighted by molar-refractivity contribution is 9.10. The van der Waals surface area contributed by atoms with Gasteiger partial charge in [-0.05, 0) is 30.2 Å². The second kappa shape index (κ2) is 7.24. The molecule has 4 nitrogen and oxygen atoms in total. The van der Waals surface area contributed by atoms with E-state index in [1.54, 1.807) is 6.20 Å². The first-order chi connectivity index (χ1) is 9.69. The highest BCUT2D eigenvalue weighted by atomic mass is 79.9. The summed E-state index contributed by atoms with van der Waals surface area (Å²) in [5, 5.41) is 3.21. The van der Waals surface area contributed by atoms with Crippen LogP contribution in [0.4, 0.5) is 11.8 Å². The maximum absolute atomic E-state index is 4.52. The minimum Gasteiger partial charge on any atom is -0.355 e. The zero-order valence-corrected chi connectivity index (χ0v) is 13.4. The van der Waals surface area contributed by atoms with E-state index >= 15 is 0 Å². The van der Waals surface area contributed by atoms with Gasteiger partial charge in [0.1, 0.15) is 5.82 Å². The summed E-state index contributed by atoms with van der Waals surface area (Å²) in [6.07, 6.45) is 2.85. The summed E-state index contributed by atoms with van der Waals surface area (Å²) in [5.74, 6) is 1.61. The Balaban J connectivity index is 2.04. The predicted molar refractivity (Wildman–Crippen MR) is 87.1 cm³/mol. The van der Waals surface area contributed by atoms with Crippen molar-refractivity contribution in [3.63, 3.8) is 0 Å². The van der Waals surface area contributed by atoms with Crippen molar-refractivity contribution < 1.29 is 0 Å². The summed E-state index contributed by atoms with van der Waals surface area (Å²) in [7, 11) is 2.04. The molecule has 0 unspecified atom stereocenters. The molecule has 2 rings (SSSR count). The Kier molecular flexibility index (Phi) is 5.35. The summed E-state index contributed by atoms with van der Waals surface area (Å²) in [4.78, 5) is 10.9. The van der Waals surface area contributed by atoms with Crippen molar-refractivity contribution in [1.82, 2.24) is 9.97 Å². The average Bonchev–Trinajstić information content (AvgIpc) is 2.48. The van der Waals surface area contributed by atoms with Crippen LogP contribution in [0, 0.1) is 0 Å². The Labute approximate surface area is 128 Å². The molecule has 1 heterocycles. The number of nitrogens with one attached hydrogen (secondary N) is 1. The van der Waals surface area contributed by atoms with Crippen LogP contribution in [0.1, 0.15) is 18.9 Å². The van der Waals surface area contributed by atoms with Gasteiger partial charge >= 0.3 is 0 Å². The number of aromatic nitrogens is 2. The van der Waals surface area contributed by atoms with E-state index in [-0.39, 0.29) is 0 Å². The van der Waals surface area contributed by atoms with Crippen LogP contribution in [0.2, 0.25) is 0 Å². The number of anilines is 2. The molecule has 0 saturated heterocycles. The van der Waals surface area contributed by atoms with Gasteiger partial charge < -0.3 is 10.2 Å². The molecule has 0 aliphatic heterocycles. The van der Waals surface area contributed by atoms with Crippen LogP contribution in [-0.2, 0) is 6.54 Å². The molecule has 0 bridgehead atoms. The molecule has 106 valence electrons. The Morgan fingerprint density at radius 2 is 1.95 bits per heavy atom. The Hall–Kier alpha value is -1.62. The van der Waals surface area contributed by atoms with Crippen molar-refractivity contribution in [2.75, 3.05) is 23.8 Å². The molecule has 1 aromatic heterocycles. The minimum atomic E-state index is 0.687. The van der Waals surface area contributed by atoms with Gasteiger partial charge in [-0.15, -0.1) is 0 Å². The van der Waals surface area contributed by atoms with Gasteiger partial charge in [0.2, 0.25) is 5.95 Å². The number of rotatable bonds is 6. The highest BCUT2D eigenvalue weighted by Gasteiger charge is 2.05. The zero-order valence-electron chi connectivity index (χ0n) is 11.8. The normalized spacial score (nSPS) is 10.3. The van der Waals surface area contributed by atoms with Crippen molar-refractivity contribution in [3.8, 4) is 0 Å². The molecule has 1 aromatic carbocycles. The number of hydrogen-bond acceptors (Lipinski definition) is 4. The first kappa shape index (κ1) is 14.8. The third-order valence-electron chi connectivity index (χ3n) is 2.90. The Bertz CT molecular complexity index is 542. The minimum absolute atomic E-state index is 0.687. The molecule has 2 aromatic rings. The van der Waals surface area contributed by atoms with Crippen LogP contribution in [0.25, 0.3) is 0 Å². The first-order valence-corrected chi connectivity index (χ1v) is 7.51. The molecule has 0 fully saturated rings. The van der Waals surface area contributed by atoms with Crippen molar-refractivity contribution in [2.24, 2.45) is 0 Å². The predicted octanol–water partition coefficient (Wildman–Crippen LogP) is 3.70. The van der Waals surface area contributed by atoms with Crippen molar-refractivity contribution in [1.29, 1.82) is 0 Å². The SMILES string of the molecule is CCCNc1nccc(N(C)Cc2ccc(Br)cc2)n1. The molecule has 0 spiro atoms. The van der Waals surface area contributed by atoms with E-state index in [2.05, 4.69) is 67.3 Å². The molecule has 0 amide bonds. The molecular formula is C15H19BrN4. The lowest BCUT2D eigenvalue weighted by molar-refractivity contribution is 0.884. The average molecular weight is 335 g/mol.